The van der Waals surface area contributed by atoms with Gasteiger partial charge in [-0.25, -0.2) is 0 Å². The minimum Gasteiger partial charge on any atom is -0.310 e. The maximum absolute atomic E-state index is 3.96. The van der Waals surface area contributed by atoms with Crippen molar-refractivity contribution in [2.24, 2.45) is 22.2 Å². The lowest BCUT2D eigenvalue weighted by molar-refractivity contribution is 0.145. The summed E-state index contributed by atoms with van der Waals surface area (Å²) >= 11 is 0. The van der Waals surface area contributed by atoms with E-state index in [4.69, 9.17) is 0 Å². The molecule has 2 aliphatic rings. The summed E-state index contributed by atoms with van der Waals surface area (Å²) in [5, 5.41) is 3.96. The summed E-state index contributed by atoms with van der Waals surface area (Å²) in [6.07, 6.45) is 4.11. The third kappa shape index (κ3) is 2.16. The van der Waals surface area contributed by atoms with Crippen molar-refractivity contribution in [2.75, 3.05) is 0 Å². The van der Waals surface area contributed by atoms with Crippen LogP contribution < -0.4 is 5.32 Å². The van der Waals surface area contributed by atoms with Crippen molar-refractivity contribution in [1.82, 2.24) is 5.32 Å². The van der Waals surface area contributed by atoms with Crippen molar-refractivity contribution in [3.63, 3.8) is 0 Å². The van der Waals surface area contributed by atoms with Crippen LogP contribution >= 0.6 is 0 Å². The van der Waals surface area contributed by atoms with Gasteiger partial charge in [-0.3, -0.25) is 0 Å². The lowest BCUT2D eigenvalue weighted by Crippen LogP contribution is -2.44. The summed E-state index contributed by atoms with van der Waals surface area (Å²) in [6.45, 7) is 16.9. The molecule has 0 aromatic heterocycles. The highest BCUT2D eigenvalue weighted by molar-refractivity contribution is 5.18. The second-order valence-electron chi connectivity index (χ2n) is 8.53. The predicted molar refractivity (Wildman–Crippen MR) is 75.1 cm³/mol. The molecule has 0 amide bonds. The number of nitrogens with one attached hydrogen (secondary N) is 1. The molecular formula is C16H31N. The molecule has 0 aliphatic heterocycles. The third-order valence-corrected chi connectivity index (χ3v) is 6.10. The van der Waals surface area contributed by atoms with E-state index in [1.54, 1.807) is 0 Å². The van der Waals surface area contributed by atoms with Crippen LogP contribution in [0.2, 0.25) is 0 Å². The number of hydrogen-bond acceptors (Lipinski definition) is 1. The molecule has 0 spiro atoms. The fourth-order valence-corrected chi connectivity index (χ4v) is 4.02. The molecule has 1 nitrogen and oxygen atoms in total. The Balaban J connectivity index is 1.94. The molecule has 0 heterocycles. The first-order valence-electron chi connectivity index (χ1n) is 7.34. The maximum Gasteiger partial charge on any atom is 0.0183 e. The zero-order valence-corrected chi connectivity index (χ0v) is 12.9. The lowest BCUT2D eigenvalue weighted by atomic mass is 9.70. The summed E-state index contributed by atoms with van der Waals surface area (Å²) in [7, 11) is 0. The van der Waals surface area contributed by atoms with Crippen LogP contribution in [0.3, 0.4) is 0 Å². The molecule has 2 fully saturated rings. The van der Waals surface area contributed by atoms with Crippen LogP contribution in [0.1, 0.15) is 67.7 Å². The van der Waals surface area contributed by atoms with Crippen LogP contribution in [0.25, 0.3) is 0 Å². The van der Waals surface area contributed by atoms with Crippen LogP contribution in [0.4, 0.5) is 0 Å². The maximum atomic E-state index is 3.96. The highest BCUT2D eigenvalue weighted by atomic mass is 15.1. The van der Waals surface area contributed by atoms with E-state index in [9.17, 15) is 0 Å². The molecule has 17 heavy (non-hydrogen) atoms. The molecule has 2 rings (SSSR count). The van der Waals surface area contributed by atoms with Gasteiger partial charge in [0.05, 0.1) is 0 Å². The van der Waals surface area contributed by atoms with Crippen LogP contribution in [-0.4, -0.2) is 12.1 Å². The van der Waals surface area contributed by atoms with Crippen molar-refractivity contribution in [1.29, 1.82) is 0 Å². The van der Waals surface area contributed by atoms with Crippen molar-refractivity contribution in [3.8, 4) is 0 Å². The third-order valence-electron chi connectivity index (χ3n) is 6.10. The summed E-state index contributed by atoms with van der Waals surface area (Å²) < 4.78 is 0. The fourth-order valence-electron chi connectivity index (χ4n) is 4.02. The van der Waals surface area contributed by atoms with Gasteiger partial charge in [0.15, 0.2) is 0 Å². The first kappa shape index (κ1) is 13.4. The minimum atomic E-state index is 0.472. The Morgan fingerprint density at radius 3 is 1.88 bits per heavy atom. The van der Waals surface area contributed by atoms with Gasteiger partial charge in [0.25, 0.3) is 0 Å². The van der Waals surface area contributed by atoms with Crippen molar-refractivity contribution in [3.05, 3.63) is 0 Å². The molecule has 1 heteroatoms. The molecule has 0 aromatic rings. The van der Waals surface area contributed by atoms with E-state index in [-0.39, 0.29) is 0 Å². The summed E-state index contributed by atoms with van der Waals surface area (Å²) in [5.74, 6) is 0.825. The van der Waals surface area contributed by atoms with E-state index in [0.717, 1.165) is 12.0 Å². The van der Waals surface area contributed by atoms with Gasteiger partial charge >= 0.3 is 0 Å². The summed E-state index contributed by atoms with van der Waals surface area (Å²) in [5.41, 5.74) is 1.51. The minimum absolute atomic E-state index is 0.472. The van der Waals surface area contributed by atoms with Gasteiger partial charge in [0.2, 0.25) is 0 Å². The van der Waals surface area contributed by atoms with Gasteiger partial charge in [0, 0.05) is 12.1 Å². The average Bonchev–Trinajstić information content (AvgIpc) is 2.50. The summed E-state index contributed by atoms with van der Waals surface area (Å²) in [4.78, 5) is 0. The Morgan fingerprint density at radius 1 is 0.941 bits per heavy atom. The Labute approximate surface area is 108 Å². The van der Waals surface area contributed by atoms with Gasteiger partial charge in [0.1, 0.15) is 0 Å². The first-order chi connectivity index (χ1) is 7.58. The Hall–Kier alpha value is -0.0400. The zero-order valence-electron chi connectivity index (χ0n) is 12.9. The van der Waals surface area contributed by atoms with Crippen LogP contribution in [0.15, 0.2) is 0 Å². The van der Waals surface area contributed by atoms with Gasteiger partial charge in [-0.2, -0.15) is 0 Å². The number of hydrogen-bond donors (Lipinski definition) is 1. The van der Waals surface area contributed by atoms with E-state index in [1.165, 1.54) is 19.3 Å². The highest BCUT2D eigenvalue weighted by Crippen LogP contribution is 2.63. The molecule has 1 N–H and O–H groups in total. The Morgan fingerprint density at radius 2 is 1.47 bits per heavy atom. The molecule has 2 unspecified atom stereocenters. The van der Waals surface area contributed by atoms with Crippen molar-refractivity contribution in [2.45, 2.75) is 79.8 Å². The van der Waals surface area contributed by atoms with Gasteiger partial charge in [-0.05, 0) is 41.4 Å². The molecule has 0 aromatic carbocycles. The normalized spacial score (nSPS) is 39.0. The zero-order chi connectivity index (χ0) is 13.1. The average molecular weight is 237 g/mol. The first-order valence-corrected chi connectivity index (χ1v) is 7.34. The van der Waals surface area contributed by atoms with Gasteiger partial charge < -0.3 is 5.32 Å². The second kappa shape index (κ2) is 3.73. The Kier molecular flexibility index (Phi) is 2.94. The smallest absolute Gasteiger partial charge is 0.0183 e. The topological polar surface area (TPSA) is 12.0 Å². The molecule has 0 radical (unpaired) electrons. The fraction of sp³-hybridized carbons (Fsp3) is 1.00. The van der Waals surface area contributed by atoms with Crippen LogP contribution in [0, 0.1) is 22.2 Å². The van der Waals surface area contributed by atoms with E-state index < -0.39 is 0 Å². The van der Waals surface area contributed by atoms with Gasteiger partial charge in [-0.15, -0.1) is 0 Å². The molecule has 2 aliphatic carbocycles. The standard InChI is InChI=1S/C16H31N/c1-11-10-14(2,3)9-8-12(11)17-13-15(4,5)16(13,6)7/h11-13,17H,8-10H2,1-7H3. The van der Waals surface area contributed by atoms with Gasteiger partial charge in [-0.1, -0.05) is 48.5 Å². The summed E-state index contributed by atoms with van der Waals surface area (Å²) in [6, 6.07) is 1.46. The molecular weight excluding hydrogens is 206 g/mol. The lowest BCUT2D eigenvalue weighted by Gasteiger charge is -2.40. The van der Waals surface area contributed by atoms with E-state index in [2.05, 4.69) is 53.8 Å². The van der Waals surface area contributed by atoms with E-state index in [1.807, 2.05) is 0 Å². The quantitative estimate of drug-likeness (QED) is 0.758. The van der Waals surface area contributed by atoms with Crippen molar-refractivity contribution < 1.29 is 0 Å². The van der Waals surface area contributed by atoms with Crippen molar-refractivity contribution >= 4 is 0 Å². The molecule has 100 valence electrons. The largest absolute Gasteiger partial charge is 0.310 e. The SMILES string of the molecule is CC1CC(C)(C)CCC1NC1C(C)(C)C1(C)C. The van der Waals surface area contributed by atoms with E-state index >= 15 is 0 Å². The van der Waals surface area contributed by atoms with Crippen LogP contribution in [-0.2, 0) is 0 Å². The monoisotopic (exact) mass is 237 g/mol. The highest BCUT2D eigenvalue weighted by Gasteiger charge is 2.65. The molecule has 2 saturated carbocycles. The molecule has 0 saturated heterocycles. The van der Waals surface area contributed by atoms with E-state index in [0.29, 0.717) is 22.3 Å². The Bertz CT molecular complexity index is 287. The number of rotatable bonds is 2. The molecule has 0 bridgehead atoms. The molecule has 2 atom stereocenters. The predicted octanol–water partition coefficient (Wildman–Crippen LogP) is 4.23. The second-order valence-corrected chi connectivity index (χ2v) is 8.53. The van der Waals surface area contributed by atoms with Crippen LogP contribution in [0.5, 0.6) is 0 Å².